The summed E-state index contributed by atoms with van der Waals surface area (Å²) < 4.78 is 33.5. The summed E-state index contributed by atoms with van der Waals surface area (Å²) in [6, 6.07) is 15.1. The Labute approximate surface area is 199 Å². The lowest BCUT2D eigenvalue weighted by Crippen LogP contribution is -2.42. The molecule has 0 saturated carbocycles. The van der Waals surface area contributed by atoms with Crippen molar-refractivity contribution in [3.8, 4) is 16.9 Å². The number of hydrogen-bond donors (Lipinski definition) is 2. The van der Waals surface area contributed by atoms with E-state index in [4.69, 9.17) is 4.74 Å². The van der Waals surface area contributed by atoms with Gasteiger partial charge in [-0.1, -0.05) is 24.3 Å². The smallest absolute Gasteiger partial charge is 0.326 e. The number of hydrogen-bond acceptors (Lipinski definition) is 4. The molecule has 1 saturated heterocycles. The van der Waals surface area contributed by atoms with Crippen molar-refractivity contribution >= 4 is 23.5 Å². The Morgan fingerprint density at radius 2 is 1.77 bits per heavy atom. The van der Waals surface area contributed by atoms with Crippen molar-refractivity contribution in [2.75, 3.05) is 18.5 Å². The van der Waals surface area contributed by atoms with Crippen molar-refractivity contribution in [2.45, 2.75) is 18.9 Å². The first kappa shape index (κ1) is 23.9. The molecule has 180 valence electrons. The number of carbonyl (C=O) groups excluding carboxylic acids is 2. The number of nitrogens with one attached hydrogen (secondary N) is 1. The van der Waals surface area contributed by atoms with Crippen LogP contribution in [0.3, 0.4) is 0 Å². The van der Waals surface area contributed by atoms with Crippen LogP contribution in [0.5, 0.6) is 5.75 Å². The summed E-state index contributed by atoms with van der Waals surface area (Å²) in [6.07, 6.45) is 1.01. The summed E-state index contributed by atoms with van der Waals surface area (Å²) in [7, 11) is 0. The van der Waals surface area contributed by atoms with E-state index >= 15 is 0 Å². The van der Waals surface area contributed by atoms with Crippen LogP contribution in [0.1, 0.15) is 23.2 Å². The number of rotatable bonds is 7. The summed E-state index contributed by atoms with van der Waals surface area (Å²) in [5, 5.41) is 11.8. The molecule has 1 heterocycles. The van der Waals surface area contributed by atoms with E-state index in [9.17, 15) is 28.3 Å². The Kier molecular flexibility index (Phi) is 7.05. The van der Waals surface area contributed by atoms with Crippen molar-refractivity contribution in [3.05, 3.63) is 83.9 Å². The first-order chi connectivity index (χ1) is 16.8. The average molecular weight is 480 g/mol. The second kappa shape index (κ2) is 10.3. The van der Waals surface area contributed by atoms with Crippen LogP contribution in [0.25, 0.3) is 11.1 Å². The highest BCUT2D eigenvalue weighted by molar-refractivity contribution is 6.05. The number of ether oxygens (including phenoxy) is 1. The molecule has 35 heavy (non-hydrogen) atoms. The molecule has 0 aliphatic carbocycles. The monoisotopic (exact) mass is 480 g/mol. The molecular weight excluding hydrogens is 458 g/mol. The largest absolute Gasteiger partial charge is 0.484 e. The molecule has 2 N–H and O–H groups in total. The Hall–Kier alpha value is -4.27. The number of carboxylic acid groups (broad SMARTS) is 1. The molecule has 3 aromatic carbocycles. The van der Waals surface area contributed by atoms with Gasteiger partial charge in [-0.3, -0.25) is 9.59 Å². The van der Waals surface area contributed by atoms with E-state index in [0.29, 0.717) is 36.2 Å². The molecule has 1 unspecified atom stereocenters. The minimum absolute atomic E-state index is 0.220. The molecule has 0 aromatic heterocycles. The van der Waals surface area contributed by atoms with E-state index in [1.165, 1.54) is 41.3 Å². The van der Waals surface area contributed by atoms with Crippen molar-refractivity contribution in [3.63, 3.8) is 0 Å². The molecule has 2 amide bonds. The van der Waals surface area contributed by atoms with Gasteiger partial charge in [-0.25, -0.2) is 13.6 Å². The third kappa shape index (κ3) is 5.63. The highest BCUT2D eigenvalue weighted by Gasteiger charge is 2.33. The summed E-state index contributed by atoms with van der Waals surface area (Å²) >= 11 is 0. The number of carbonyl (C=O) groups is 3. The Morgan fingerprint density at radius 1 is 1.00 bits per heavy atom. The second-order valence-corrected chi connectivity index (χ2v) is 8.06. The SMILES string of the molecule is O=C(Nc1cccc(OCC(=O)N2CCCC2C(=O)O)c1)c1cc(-c2cccc(F)c2)ccc1F. The lowest BCUT2D eigenvalue weighted by atomic mass is 10.0. The van der Waals surface area contributed by atoms with Crippen LogP contribution >= 0.6 is 0 Å². The molecule has 1 atom stereocenters. The van der Waals surface area contributed by atoms with Gasteiger partial charge in [0.25, 0.3) is 11.8 Å². The number of benzene rings is 3. The van der Waals surface area contributed by atoms with Crippen molar-refractivity contribution in [2.24, 2.45) is 0 Å². The molecule has 0 radical (unpaired) electrons. The lowest BCUT2D eigenvalue weighted by Gasteiger charge is -2.21. The van der Waals surface area contributed by atoms with Gasteiger partial charge in [0.15, 0.2) is 6.61 Å². The van der Waals surface area contributed by atoms with Crippen LogP contribution in [0.2, 0.25) is 0 Å². The number of likely N-dealkylation sites (tertiary alicyclic amines) is 1. The van der Waals surface area contributed by atoms with Crippen LogP contribution < -0.4 is 10.1 Å². The highest BCUT2D eigenvalue weighted by Crippen LogP contribution is 2.25. The molecule has 1 aliphatic rings. The topological polar surface area (TPSA) is 95.9 Å². The predicted octanol–water partition coefficient (Wildman–Crippen LogP) is 4.34. The van der Waals surface area contributed by atoms with Crippen LogP contribution in [0.4, 0.5) is 14.5 Å². The fraction of sp³-hybridized carbons (Fsp3) is 0.192. The Bertz CT molecular complexity index is 1280. The number of aliphatic carboxylic acids is 1. The fourth-order valence-corrected chi connectivity index (χ4v) is 3.96. The maximum Gasteiger partial charge on any atom is 0.326 e. The van der Waals surface area contributed by atoms with E-state index in [1.807, 2.05) is 0 Å². The number of amides is 2. The minimum Gasteiger partial charge on any atom is -0.484 e. The zero-order valence-corrected chi connectivity index (χ0v) is 18.5. The van der Waals surface area contributed by atoms with Crippen molar-refractivity contribution in [1.29, 1.82) is 0 Å². The number of carboxylic acids is 1. The summed E-state index contributed by atoms with van der Waals surface area (Å²) in [5.74, 6) is -3.11. The molecule has 0 spiro atoms. The number of halogens is 2. The quantitative estimate of drug-likeness (QED) is 0.525. The molecule has 1 aliphatic heterocycles. The van der Waals surface area contributed by atoms with Gasteiger partial charge < -0.3 is 20.1 Å². The Morgan fingerprint density at radius 3 is 2.54 bits per heavy atom. The van der Waals surface area contributed by atoms with Gasteiger partial charge in [0.05, 0.1) is 5.56 Å². The summed E-state index contributed by atoms with van der Waals surface area (Å²) in [4.78, 5) is 37.7. The number of nitrogens with zero attached hydrogens (tertiary/aromatic N) is 1. The van der Waals surface area contributed by atoms with Gasteiger partial charge in [0.1, 0.15) is 23.4 Å². The van der Waals surface area contributed by atoms with E-state index in [1.54, 1.807) is 24.3 Å². The van der Waals surface area contributed by atoms with E-state index in [-0.39, 0.29) is 17.9 Å². The first-order valence-electron chi connectivity index (χ1n) is 10.9. The zero-order chi connectivity index (χ0) is 24.9. The molecule has 0 bridgehead atoms. The molecular formula is C26H22F2N2O5. The van der Waals surface area contributed by atoms with Crippen molar-refractivity contribution < 1.29 is 33.0 Å². The normalized spacial score (nSPS) is 15.0. The van der Waals surface area contributed by atoms with Gasteiger partial charge in [0, 0.05) is 18.3 Å². The van der Waals surface area contributed by atoms with Crippen LogP contribution in [0, 0.1) is 11.6 Å². The third-order valence-corrected chi connectivity index (χ3v) is 5.68. The third-order valence-electron chi connectivity index (χ3n) is 5.68. The standard InChI is InChI=1S/C26H22F2N2O5/c27-18-5-1-4-16(12-18)17-9-10-22(28)21(13-17)25(32)29-19-6-2-7-20(14-19)35-15-24(31)30-11-3-8-23(30)26(33)34/h1-2,4-7,9-10,12-14,23H,3,8,11,15H2,(H,29,32)(H,33,34). The van der Waals surface area contributed by atoms with Gasteiger partial charge in [0.2, 0.25) is 0 Å². The molecule has 1 fully saturated rings. The van der Waals surface area contributed by atoms with E-state index in [0.717, 1.165) is 6.07 Å². The molecule has 4 rings (SSSR count). The van der Waals surface area contributed by atoms with Crippen LogP contribution in [-0.2, 0) is 9.59 Å². The predicted molar refractivity (Wildman–Crippen MR) is 124 cm³/mol. The van der Waals surface area contributed by atoms with E-state index < -0.39 is 35.5 Å². The minimum atomic E-state index is -1.05. The molecule has 7 nitrogen and oxygen atoms in total. The van der Waals surface area contributed by atoms with Gasteiger partial charge in [-0.2, -0.15) is 0 Å². The lowest BCUT2D eigenvalue weighted by molar-refractivity contribution is -0.148. The first-order valence-corrected chi connectivity index (χ1v) is 10.9. The summed E-state index contributed by atoms with van der Waals surface area (Å²) in [5.41, 5.74) is 1.07. The maximum absolute atomic E-state index is 14.4. The molecule has 3 aromatic rings. The van der Waals surface area contributed by atoms with E-state index in [2.05, 4.69) is 5.32 Å². The summed E-state index contributed by atoms with van der Waals surface area (Å²) in [6.45, 7) is 0.000988. The Balaban J connectivity index is 1.43. The number of anilines is 1. The average Bonchev–Trinajstić information content (AvgIpc) is 3.34. The second-order valence-electron chi connectivity index (χ2n) is 8.06. The van der Waals surface area contributed by atoms with Crippen molar-refractivity contribution in [1.82, 2.24) is 4.90 Å². The maximum atomic E-state index is 14.4. The van der Waals surface area contributed by atoms with Gasteiger partial charge in [-0.05, 0) is 60.4 Å². The van der Waals surface area contributed by atoms with Gasteiger partial charge in [-0.15, -0.1) is 0 Å². The molecule has 9 heteroatoms. The fourth-order valence-electron chi connectivity index (χ4n) is 3.96. The van der Waals surface area contributed by atoms with Crippen LogP contribution in [0.15, 0.2) is 66.7 Å². The van der Waals surface area contributed by atoms with Crippen LogP contribution in [-0.4, -0.2) is 47.0 Å². The van der Waals surface area contributed by atoms with Gasteiger partial charge >= 0.3 is 5.97 Å². The zero-order valence-electron chi connectivity index (χ0n) is 18.5. The highest BCUT2D eigenvalue weighted by atomic mass is 19.1.